The summed E-state index contributed by atoms with van der Waals surface area (Å²) in [6, 6.07) is 3.79. The molecule has 0 saturated heterocycles. The van der Waals surface area contributed by atoms with E-state index in [1.54, 1.807) is 19.1 Å². The van der Waals surface area contributed by atoms with Crippen LogP contribution >= 0.6 is 11.3 Å². The molecule has 0 aliphatic heterocycles. The Labute approximate surface area is 103 Å². The molecule has 0 aliphatic rings. The molecular formula is C11H14N4OS. The van der Waals surface area contributed by atoms with Crippen molar-refractivity contribution in [1.82, 2.24) is 15.4 Å². The normalized spacial score (nSPS) is 11.1. The van der Waals surface area contributed by atoms with Crippen LogP contribution < -0.4 is 11.2 Å². The number of thiophene rings is 1. The van der Waals surface area contributed by atoms with Gasteiger partial charge in [0.05, 0.1) is 5.69 Å². The van der Waals surface area contributed by atoms with Gasteiger partial charge in [-0.15, -0.1) is 11.3 Å². The van der Waals surface area contributed by atoms with Crippen LogP contribution in [0.1, 0.15) is 15.4 Å². The lowest BCUT2D eigenvalue weighted by Gasteiger charge is -2.10. The van der Waals surface area contributed by atoms with E-state index in [-0.39, 0.29) is 5.91 Å². The molecule has 2 aromatic heterocycles. The number of carbonyl (C=O) groups is 1. The van der Waals surface area contributed by atoms with Gasteiger partial charge in [0, 0.05) is 25.2 Å². The summed E-state index contributed by atoms with van der Waals surface area (Å²) >= 11 is 1.31. The van der Waals surface area contributed by atoms with Crippen LogP contribution in [0.3, 0.4) is 0 Å². The third-order valence-corrected chi connectivity index (χ3v) is 3.38. The number of hydrogen-bond donors (Lipinski definition) is 2. The summed E-state index contributed by atoms with van der Waals surface area (Å²) in [6.45, 7) is 1.91. The number of aryl methyl sites for hydroxylation is 1. The molecule has 6 heteroatoms. The van der Waals surface area contributed by atoms with Crippen molar-refractivity contribution >= 4 is 33.1 Å². The standard InChI is InChI=1S/C11H14N4OS/c1-6-4-5-7-8(12)9(17-11(7)13-6)10(16)14-15(2)3/h4-5H,12H2,1-3H3,(H,14,16). The average Bonchev–Trinajstić information content (AvgIpc) is 2.54. The number of rotatable bonds is 2. The van der Waals surface area contributed by atoms with E-state index in [0.29, 0.717) is 10.6 Å². The maximum Gasteiger partial charge on any atom is 0.277 e. The highest BCUT2D eigenvalue weighted by Gasteiger charge is 2.17. The Morgan fingerprint density at radius 3 is 2.82 bits per heavy atom. The number of nitrogen functional groups attached to an aromatic ring is 1. The Balaban J connectivity index is 2.48. The van der Waals surface area contributed by atoms with Crippen molar-refractivity contribution in [3.8, 4) is 0 Å². The van der Waals surface area contributed by atoms with E-state index in [0.717, 1.165) is 15.9 Å². The molecule has 0 bridgehead atoms. The fourth-order valence-corrected chi connectivity index (χ4v) is 2.54. The van der Waals surface area contributed by atoms with Crippen molar-refractivity contribution in [2.45, 2.75) is 6.92 Å². The first-order valence-corrected chi connectivity index (χ1v) is 5.94. The van der Waals surface area contributed by atoms with Gasteiger partial charge in [0.25, 0.3) is 5.91 Å². The number of pyridine rings is 1. The second-order valence-corrected chi connectivity index (χ2v) is 4.98. The van der Waals surface area contributed by atoms with Crippen LogP contribution in [-0.4, -0.2) is 30.0 Å². The lowest BCUT2D eigenvalue weighted by molar-refractivity contribution is 0.0862. The largest absolute Gasteiger partial charge is 0.397 e. The molecule has 0 aliphatic carbocycles. The molecule has 0 saturated carbocycles. The first-order chi connectivity index (χ1) is 7.99. The molecule has 17 heavy (non-hydrogen) atoms. The molecule has 0 fully saturated rings. The lowest BCUT2D eigenvalue weighted by Crippen LogP contribution is -2.35. The molecule has 5 nitrogen and oxygen atoms in total. The smallest absolute Gasteiger partial charge is 0.277 e. The van der Waals surface area contributed by atoms with Gasteiger partial charge in [0.1, 0.15) is 9.71 Å². The molecule has 3 N–H and O–H groups in total. The number of nitrogens with one attached hydrogen (secondary N) is 1. The molecule has 90 valence electrons. The molecule has 0 atom stereocenters. The van der Waals surface area contributed by atoms with Crippen molar-refractivity contribution in [2.75, 3.05) is 19.8 Å². The van der Waals surface area contributed by atoms with Gasteiger partial charge in [-0.2, -0.15) is 0 Å². The number of fused-ring (bicyclic) bond motifs is 1. The molecule has 0 aromatic carbocycles. The van der Waals surface area contributed by atoms with Gasteiger partial charge in [-0.25, -0.2) is 9.99 Å². The van der Waals surface area contributed by atoms with E-state index in [1.165, 1.54) is 11.3 Å². The van der Waals surface area contributed by atoms with Gasteiger partial charge in [0.15, 0.2) is 0 Å². The summed E-state index contributed by atoms with van der Waals surface area (Å²) in [5.41, 5.74) is 10.0. The summed E-state index contributed by atoms with van der Waals surface area (Å²) in [7, 11) is 3.51. The summed E-state index contributed by atoms with van der Waals surface area (Å²) < 4.78 is 0. The fourth-order valence-electron chi connectivity index (χ4n) is 1.51. The average molecular weight is 250 g/mol. The molecule has 1 amide bonds. The number of amides is 1. The minimum absolute atomic E-state index is 0.201. The Kier molecular flexibility index (Phi) is 2.99. The van der Waals surface area contributed by atoms with E-state index < -0.39 is 0 Å². The number of nitrogens with zero attached hydrogens (tertiary/aromatic N) is 2. The highest BCUT2D eigenvalue weighted by molar-refractivity contribution is 7.21. The molecular weight excluding hydrogens is 236 g/mol. The second-order valence-electron chi connectivity index (χ2n) is 3.99. The molecule has 2 aromatic rings. The molecule has 0 radical (unpaired) electrons. The van der Waals surface area contributed by atoms with E-state index in [9.17, 15) is 4.79 Å². The number of nitrogens with two attached hydrogens (primary N) is 1. The Bertz CT molecular complexity index is 576. The monoisotopic (exact) mass is 250 g/mol. The van der Waals surface area contributed by atoms with Crippen LogP contribution in [0.25, 0.3) is 10.2 Å². The minimum Gasteiger partial charge on any atom is -0.397 e. The zero-order chi connectivity index (χ0) is 12.6. The molecule has 0 unspecified atom stereocenters. The quantitative estimate of drug-likeness (QED) is 0.790. The predicted octanol–water partition coefficient (Wildman–Crippen LogP) is 1.39. The van der Waals surface area contributed by atoms with Crippen molar-refractivity contribution in [3.05, 3.63) is 22.7 Å². The third-order valence-electron chi connectivity index (χ3n) is 2.26. The van der Waals surface area contributed by atoms with E-state index >= 15 is 0 Å². The number of hydrazine groups is 1. The number of hydrogen-bond acceptors (Lipinski definition) is 5. The summed E-state index contributed by atoms with van der Waals surface area (Å²) in [4.78, 5) is 17.5. The van der Waals surface area contributed by atoms with Crippen molar-refractivity contribution in [3.63, 3.8) is 0 Å². The van der Waals surface area contributed by atoms with E-state index in [1.807, 2.05) is 19.1 Å². The number of anilines is 1. The summed E-state index contributed by atoms with van der Waals surface area (Å²) in [5.74, 6) is -0.201. The third kappa shape index (κ3) is 2.22. The predicted molar refractivity (Wildman–Crippen MR) is 69.9 cm³/mol. The van der Waals surface area contributed by atoms with Gasteiger partial charge in [-0.05, 0) is 19.1 Å². The molecule has 2 heterocycles. The Morgan fingerprint density at radius 1 is 1.47 bits per heavy atom. The highest BCUT2D eigenvalue weighted by atomic mass is 32.1. The summed E-state index contributed by atoms with van der Waals surface area (Å²) in [6.07, 6.45) is 0. The number of carbonyl (C=O) groups excluding carboxylic acids is 1. The second kappa shape index (κ2) is 4.31. The zero-order valence-electron chi connectivity index (χ0n) is 9.94. The van der Waals surface area contributed by atoms with Crippen molar-refractivity contribution < 1.29 is 4.79 Å². The van der Waals surface area contributed by atoms with Gasteiger partial charge in [-0.1, -0.05) is 0 Å². The lowest BCUT2D eigenvalue weighted by atomic mass is 10.2. The van der Waals surface area contributed by atoms with Crippen LogP contribution in [0.2, 0.25) is 0 Å². The fraction of sp³-hybridized carbons (Fsp3) is 0.273. The van der Waals surface area contributed by atoms with E-state index in [4.69, 9.17) is 5.73 Å². The van der Waals surface area contributed by atoms with Crippen LogP contribution in [0.4, 0.5) is 5.69 Å². The maximum absolute atomic E-state index is 11.9. The van der Waals surface area contributed by atoms with Crippen LogP contribution in [0.5, 0.6) is 0 Å². The highest BCUT2D eigenvalue weighted by Crippen LogP contribution is 2.32. The minimum atomic E-state index is -0.201. The van der Waals surface area contributed by atoms with E-state index in [2.05, 4.69) is 10.4 Å². The zero-order valence-corrected chi connectivity index (χ0v) is 10.8. The summed E-state index contributed by atoms with van der Waals surface area (Å²) in [5, 5.41) is 2.43. The first-order valence-electron chi connectivity index (χ1n) is 5.13. The van der Waals surface area contributed by atoms with Gasteiger partial charge >= 0.3 is 0 Å². The first kappa shape index (κ1) is 11.8. The molecule has 2 rings (SSSR count). The number of aromatic nitrogens is 1. The van der Waals surface area contributed by atoms with Gasteiger partial charge < -0.3 is 5.73 Å². The molecule has 0 spiro atoms. The Hall–Kier alpha value is -1.66. The SMILES string of the molecule is Cc1ccc2c(N)c(C(=O)NN(C)C)sc2n1. The van der Waals surface area contributed by atoms with Gasteiger partial charge in [-0.3, -0.25) is 10.2 Å². The Morgan fingerprint density at radius 2 is 2.18 bits per heavy atom. The van der Waals surface area contributed by atoms with Crippen LogP contribution in [0.15, 0.2) is 12.1 Å². The van der Waals surface area contributed by atoms with Crippen LogP contribution in [0, 0.1) is 6.92 Å². The van der Waals surface area contributed by atoms with Gasteiger partial charge in [0.2, 0.25) is 0 Å². The van der Waals surface area contributed by atoms with Crippen molar-refractivity contribution in [1.29, 1.82) is 0 Å². The van der Waals surface area contributed by atoms with Crippen LogP contribution in [-0.2, 0) is 0 Å². The van der Waals surface area contributed by atoms with Crippen molar-refractivity contribution in [2.24, 2.45) is 0 Å². The maximum atomic E-state index is 11.9. The topological polar surface area (TPSA) is 71.2 Å².